The zero-order valence-corrected chi connectivity index (χ0v) is 15.1. The van der Waals surface area contributed by atoms with Crippen molar-refractivity contribution in [1.82, 2.24) is 0 Å². The van der Waals surface area contributed by atoms with Crippen LogP contribution in [0.4, 0.5) is 0 Å². The summed E-state index contributed by atoms with van der Waals surface area (Å²) < 4.78 is 0. The Morgan fingerprint density at radius 1 is 0.577 bits per heavy atom. The Balaban J connectivity index is 2.03. The van der Waals surface area contributed by atoms with Crippen LogP contribution in [0.2, 0.25) is 0 Å². The fourth-order valence-corrected chi connectivity index (χ4v) is 4.86. The molecule has 1 aliphatic rings. The van der Waals surface area contributed by atoms with E-state index in [9.17, 15) is 5.11 Å². The van der Waals surface area contributed by atoms with E-state index < -0.39 is 0 Å². The summed E-state index contributed by atoms with van der Waals surface area (Å²) in [7, 11) is 0. The van der Waals surface area contributed by atoms with Gasteiger partial charge < -0.3 is 5.11 Å². The molecule has 1 aliphatic carbocycles. The third kappa shape index (κ3) is 2.87. The first-order valence-electron chi connectivity index (χ1n) is 9.68. The summed E-state index contributed by atoms with van der Waals surface area (Å²) in [6.45, 7) is 0. The van der Waals surface area contributed by atoms with Crippen molar-refractivity contribution in [3.8, 4) is 0 Å². The van der Waals surface area contributed by atoms with E-state index in [1.54, 1.807) is 0 Å². The van der Waals surface area contributed by atoms with Crippen LogP contribution in [0.25, 0.3) is 0 Å². The van der Waals surface area contributed by atoms with Crippen LogP contribution in [0, 0.1) is 5.92 Å². The van der Waals surface area contributed by atoms with Crippen LogP contribution < -0.4 is 0 Å². The maximum absolute atomic E-state index is 11.1. The lowest BCUT2D eigenvalue weighted by Gasteiger charge is -2.46. The number of aliphatic hydroxyl groups is 1. The molecule has 26 heavy (non-hydrogen) atoms. The number of benzene rings is 3. The van der Waals surface area contributed by atoms with Gasteiger partial charge in [0.25, 0.3) is 0 Å². The molecule has 1 heteroatoms. The number of hydrogen-bond donors (Lipinski definition) is 1. The second-order valence-electron chi connectivity index (χ2n) is 7.36. The van der Waals surface area contributed by atoms with Crippen molar-refractivity contribution in [1.29, 1.82) is 0 Å². The smallest absolute Gasteiger partial charge is 0.0583 e. The molecule has 3 aromatic carbocycles. The lowest BCUT2D eigenvalue weighted by molar-refractivity contribution is 0.0434. The van der Waals surface area contributed by atoms with Gasteiger partial charge in [-0.2, -0.15) is 0 Å². The van der Waals surface area contributed by atoms with Crippen molar-refractivity contribution in [3.63, 3.8) is 0 Å². The Hall–Kier alpha value is -2.38. The van der Waals surface area contributed by atoms with E-state index in [1.807, 2.05) is 0 Å². The summed E-state index contributed by atoms with van der Waals surface area (Å²) in [6, 6.07) is 32.3. The molecule has 1 saturated carbocycles. The maximum atomic E-state index is 11.1. The number of aliphatic hydroxyl groups excluding tert-OH is 1. The summed E-state index contributed by atoms with van der Waals surface area (Å²) >= 11 is 0. The molecule has 0 unspecified atom stereocenters. The second kappa shape index (κ2) is 7.47. The lowest BCUT2D eigenvalue weighted by Crippen LogP contribution is -2.45. The van der Waals surface area contributed by atoms with E-state index in [4.69, 9.17) is 0 Å². The standard InChI is InChI=1S/C25H26O/c26-24-19-11-10-18-23(24)25(20-12-4-1-5-13-20,21-14-6-2-7-15-21)22-16-8-3-9-17-22/h1-9,12-17,23-24,26H,10-11,18-19H2/t23-,24-/m1/s1. The molecule has 1 nitrogen and oxygen atoms in total. The fourth-order valence-electron chi connectivity index (χ4n) is 4.86. The third-order valence-corrected chi connectivity index (χ3v) is 5.97. The molecular formula is C25H26O. The molecule has 2 atom stereocenters. The summed E-state index contributed by atoms with van der Waals surface area (Å²) in [5.41, 5.74) is 3.47. The number of rotatable bonds is 4. The topological polar surface area (TPSA) is 20.2 Å². The SMILES string of the molecule is O[C@@H]1CCCC[C@H]1C(c1ccccc1)(c1ccccc1)c1ccccc1. The minimum absolute atomic E-state index is 0.170. The Kier molecular flexibility index (Phi) is 4.90. The van der Waals surface area contributed by atoms with Crippen molar-refractivity contribution in [3.05, 3.63) is 108 Å². The zero-order valence-electron chi connectivity index (χ0n) is 15.1. The predicted molar refractivity (Wildman–Crippen MR) is 107 cm³/mol. The first-order valence-corrected chi connectivity index (χ1v) is 9.68. The minimum atomic E-state index is -0.330. The van der Waals surface area contributed by atoms with Crippen molar-refractivity contribution >= 4 is 0 Å². The third-order valence-electron chi connectivity index (χ3n) is 5.97. The van der Waals surface area contributed by atoms with Crippen LogP contribution in [0.15, 0.2) is 91.0 Å². The molecule has 4 rings (SSSR count). The van der Waals surface area contributed by atoms with Crippen molar-refractivity contribution in [2.24, 2.45) is 5.92 Å². The van der Waals surface area contributed by atoms with Gasteiger partial charge in [0, 0.05) is 5.92 Å². The van der Waals surface area contributed by atoms with Crippen LogP contribution in [-0.2, 0) is 5.41 Å². The molecule has 0 spiro atoms. The largest absolute Gasteiger partial charge is 0.393 e. The van der Waals surface area contributed by atoms with Crippen LogP contribution in [0.5, 0.6) is 0 Å². The highest BCUT2D eigenvalue weighted by Gasteiger charge is 2.47. The monoisotopic (exact) mass is 342 g/mol. The predicted octanol–water partition coefficient (Wildman–Crippen LogP) is 5.57. The summed E-state index contributed by atoms with van der Waals surface area (Å²) in [6.07, 6.45) is 3.94. The second-order valence-corrected chi connectivity index (χ2v) is 7.36. The molecule has 0 saturated heterocycles. The summed E-state index contributed by atoms with van der Waals surface area (Å²) in [5.74, 6) is 0.170. The van der Waals surface area contributed by atoms with E-state index in [2.05, 4.69) is 91.0 Å². The van der Waals surface area contributed by atoms with E-state index in [0.29, 0.717) is 0 Å². The van der Waals surface area contributed by atoms with E-state index in [1.165, 1.54) is 23.1 Å². The van der Waals surface area contributed by atoms with Gasteiger partial charge in [-0.05, 0) is 29.5 Å². The molecule has 0 aromatic heterocycles. The van der Waals surface area contributed by atoms with Gasteiger partial charge in [0.2, 0.25) is 0 Å². The molecule has 3 aromatic rings. The Labute approximate surface area is 156 Å². The van der Waals surface area contributed by atoms with Gasteiger partial charge in [0.1, 0.15) is 0 Å². The van der Waals surface area contributed by atoms with Gasteiger partial charge in [-0.15, -0.1) is 0 Å². The molecule has 1 N–H and O–H groups in total. The van der Waals surface area contributed by atoms with Crippen LogP contribution in [-0.4, -0.2) is 11.2 Å². The first-order chi connectivity index (χ1) is 12.8. The molecule has 0 heterocycles. The normalized spacial score (nSPS) is 20.7. The van der Waals surface area contributed by atoms with Gasteiger partial charge in [-0.3, -0.25) is 0 Å². The first kappa shape index (κ1) is 17.1. The lowest BCUT2D eigenvalue weighted by atomic mass is 9.57. The average molecular weight is 342 g/mol. The molecule has 1 fully saturated rings. The summed E-state index contributed by atoms with van der Waals surface area (Å²) in [4.78, 5) is 0. The van der Waals surface area contributed by atoms with Gasteiger partial charge in [0.05, 0.1) is 11.5 Å². The minimum Gasteiger partial charge on any atom is -0.393 e. The molecule has 0 amide bonds. The quantitative estimate of drug-likeness (QED) is 0.614. The average Bonchev–Trinajstić information content (AvgIpc) is 2.72. The van der Waals surface area contributed by atoms with Crippen molar-refractivity contribution in [2.45, 2.75) is 37.2 Å². The highest BCUT2D eigenvalue weighted by molar-refractivity contribution is 5.51. The number of hydrogen-bond acceptors (Lipinski definition) is 1. The van der Waals surface area contributed by atoms with Crippen LogP contribution in [0.1, 0.15) is 42.4 Å². The maximum Gasteiger partial charge on any atom is 0.0583 e. The van der Waals surface area contributed by atoms with Crippen LogP contribution >= 0.6 is 0 Å². The van der Waals surface area contributed by atoms with Crippen molar-refractivity contribution < 1.29 is 5.11 Å². The van der Waals surface area contributed by atoms with E-state index >= 15 is 0 Å². The van der Waals surface area contributed by atoms with Gasteiger partial charge in [-0.1, -0.05) is 104 Å². The molecule has 0 radical (unpaired) electrons. The van der Waals surface area contributed by atoms with Gasteiger partial charge in [-0.25, -0.2) is 0 Å². The Morgan fingerprint density at radius 2 is 0.962 bits per heavy atom. The highest BCUT2D eigenvalue weighted by Crippen LogP contribution is 2.50. The highest BCUT2D eigenvalue weighted by atomic mass is 16.3. The van der Waals surface area contributed by atoms with Crippen molar-refractivity contribution in [2.75, 3.05) is 0 Å². The Bertz CT molecular complexity index is 714. The fraction of sp³-hybridized carbons (Fsp3) is 0.280. The van der Waals surface area contributed by atoms with E-state index in [-0.39, 0.29) is 17.4 Å². The zero-order chi connectivity index (χ0) is 17.8. The van der Waals surface area contributed by atoms with Gasteiger partial charge in [0.15, 0.2) is 0 Å². The summed E-state index contributed by atoms with van der Waals surface area (Å²) in [5, 5.41) is 11.1. The van der Waals surface area contributed by atoms with E-state index in [0.717, 1.165) is 19.3 Å². The van der Waals surface area contributed by atoms with Gasteiger partial charge >= 0.3 is 0 Å². The molecule has 0 bridgehead atoms. The Morgan fingerprint density at radius 3 is 1.35 bits per heavy atom. The van der Waals surface area contributed by atoms with Crippen LogP contribution in [0.3, 0.4) is 0 Å². The molecular weight excluding hydrogens is 316 g/mol. The molecule has 0 aliphatic heterocycles. The molecule has 132 valence electrons.